The van der Waals surface area contributed by atoms with Gasteiger partial charge in [0.15, 0.2) is 0 Å². The van der Waals surface area contributed by atoms with Crippen LogP contribution in [0.2, 0.25) is 0 Å². The first-order valence-electron chi connectivity index (χ1n) is 9.09. The number of nitrogens with zero attached hydrogens (tertiary/aromatic N) is 2. The van der Waals surface area contributed by atoms with Gasteiger partial charge in [-0.3, -0.25) is 4.79 Å². The average Bonchev–Trinajstić information content (AvgIpc) is 2.81. The summed E-state index contributed by atoms with van der Waals surface area (Å²) in [4.78, 5) is 30.8. The van der Waals surface area contributed by atoms with Crippen LogP contribution in [0.15, 0.2) is 29.1 Å². The molecule has 0 saturated carbocycles. The quantitative estimate of drug-likeness (QED) is 0.691. The summed E-state index contributed by atoms with van der Waals surface area (Å²) in [5.74, 6) is -0.264. The minimum atomic E-state index is -0.957. The Bertz CT molecular complexity index is 1080. The second-order valence-corrected chi connectivity index (χ2v) is 6.81. The van der Waals surface area contributed by atoms with Crippen molar-refractivity contribution < 1.29 is 14.6 Å². The number of carbonyl (C=O) groups is 1. The molecule has 0 unspecified atom stereocenters. The van der Waals surface area contributed by atoms with Crippen molar-refractivity contribution in [2.45, 2.75) is 38.6 Å². The third kappa shape index (κ3) is 3.09. The summed E-state index contributed by atoms with van der Waals surface area (Å²) < 4.78 is 7.11. The Morgan fingerprint density at radius 2 is 2.11 bits per heavy atom. The molecule has 2 N–H and O–H groups in total. The fourth-order valence-corrected chi connectivity index (χ4v) is 4.03. The molecule has 1 aromatic carbocycles. The van der Waals surface area contributed by atoms with E-state index in [0.717, 1.165) is 43.2 Å². The van der Waals surface area contributed by atoms with Gasteiger partial charge in [-0.05, 0) is 37.3 Å². The molecule has 0 saturated heterocycles. The normalized spacial score (nSPS) is 14.0. The van der Waals surface area contributed by atoms with E-state index in [1.807, 2.05) is 10.6 Å². The zero-order valence-electron chi connectivity index (χ0n) is 15.1. The number of aromatic carboxylic acids is 1. The van der Waals surface area contributed by atoms with Crippen LogP contribution in [0.1, 0.15) is 46.7 Å². The minimum absolute atomic E-state index is 0.245. The Kier molecular flexibility index (Phi) is 4.43. The molecule has 27 heavy (non-hydrogen) atoms. The summed E-state index contributed by atoms with van der Waals surface area (Å²) in [6.45, 7) is 0.294. The minimum Gasteiger partial charge on any atom is -0.481 e. The smallest absolute Gasteiger partial charge is 0.337 e. The molecule has 140 valence electrons. The molecule has 0 fully saturated rings. The first kappa shape index (κ1) is 17.3. The second kappa shape index (κ2) is 6.90. The summed E-state index contributed by atoms with van der Waals surface area (Å²) in [5, 5.41) is 10.7. The lowest BCUT2D eigenvalue weighted by atomic mass is 10.0. The maximum atomic E-state index is 11.9. The Labute approximate surface area is 155 Å². The van der Waals surface area contributed by atoms with Gasteiger partial charge < -0.3 is 19.4 Å². The number of fused-ring (bicyclic) bond motifs is 3. The first-order chi connectivity index (χ1) is 13.1. The lowest BCUT2D eigenvalue weighted by molar-refractivity contribution is 0.0698. The van der Waals surface area contributed by atoms with Gasteiger partial charge in [0.2, 0.25) is 5.88 Å². The molecule has 4 rings (SSSR count). The van der Waals surface area contributed by atoms with Crippen molar-refractivity contribution in [3.8, 4) is 5.88 Å². The molecule has 7 nitrogen and oxygen atoms in total. The van der Waals surface area contributed by atoms with Crippen LogP contribution in [-0.2, 0) is 19.4 Å². The van der Waals surface area contributed by atoms with Crippen LogP contribution in [0.25, 0.3) is 10.9 Å². The highest BCUT2D eigenvalue weighted by Crippen LogP contribution is 2.33. The van der Waals surface area contributed by atoms with E-state index < -0.39 is 5.97 Å². The molecule has 1 aliphatic carbocycles. The molecule has 0 spiro atoms. The van der Waals surface area contributed by atoms with Crippen molar-refractivity contribution in [3.05, 3.63) is 57.3 Å². The van der Waals surface area contributed by atoms with Crippen LogP contribution in [0.5, 0.6) is 5.88 Å². The highest BCUT2D eigenvalue weighted by molar-refractivity contribution is 6.04. The number of aryl methyl sites for hydroxylation is 1. The lowest BCUT2D eigenvalue weighted by Gasteiger charge is -2.12. The van der Waals surface area contributed by atoms with E-state index in [4.69, 9.17) is 4.74 Å². The number of H-pyrrole nitrogens is 1. The number of aromatic amines is 1. The van der Waals surface area contributed by atoms with Crippen molar-refractivity contribution in [2.75, 3.05) is 7.11 Å². The number of rotatable bonds is 4. The van der Waals surface area contributed by atoms with E-state index in [-0.39, 0.29) is 17.0 Å². The molecule has 3 aromatic rings. The van der Waals surface area contributed by atoms with Gasteiger partial charge >= 0.3 is 5.97 Å². The molecule has 7 heteroatoms. The third-order valence-corrected chi connectivity index (χ3v) is 5.16. The maximum absolute atomic E-state index is 11.9. The van der Waals surface area contributed by atoms with E-state index >= 15 is 0 Å². The molecular formula is C20H21N3O4. The van der Waals surface area contributed by atoms with Crippen LogP contribution in [-0.4, -0.2) is 32.7 Å². The summed E-state index contributed by atoms with van der Waals surface area (Å²) in [6.07, 6.45) is 5.13. The standard InChI is InChI=1S/C20H21N3O4/c1-27-18-10-17(24)21-16(22-18)11-23-15-9-4-2-3-6-12(15)13-7-5-8-14(19(13)23)20(25)26/h5,7-8,10H,2-4,6,9,11H2,1H3,(H,25,26)(H,21,22,24). The number of methoxy groups -OCH3 is 1. The number of carboxylic acids is 1. The molecule has 2 heterocycles. The predicted molar refractivity (Wildman–Crippen MR) is 101 cm³/mol. The number of aromatic nitrogens is 3. The topological polar surface area (TPSA) is 97.2 Å². The summed E-state index contributed by atoms with van der Waals surface area (Å²) >= 11 is 0. The Balaban J connectivity index is 1.96. The fraction of sp³-hybridized carbons (Fsp3) is 0.350. The summed E-state index contributed by atoms with van der Waals surface area (Å²) in [7, 11) is 1.46. The number of nitrogens with one attached hydrogen (secondary N) is 1. The fourth-order valence-electron chi connectivity index (χ4n) is 4.03. The van der Waals surface area contributed by atoms with Gasteiger partial charge in [-0.1, -0.05) is 18.6 Å². The van der Waals surface area contributed by atoms with Gasteiger partial charge in [-0.2, -0.15) is 4.98 Å². The second-order valence-electron chi connectivity index (χ2n) is 6.81. The zero-order valence-corrected chi connectivity index (χ0v) is 15.1. The van der Waals surface area contributed by atoms with Gasteiger partial charge in [-0.15, -0.1) is 0 Å². The number of hydrogen-bond donors (Lipinski definition) is 2. The van der Waals surface area contributed by atoms with Crippen molar-refractivity contribution in [1.82, 2.24) is 14.5 Å². The van der Waals surface area contributed by atoms with Gasteiger partial charge in [-0.25, -0.2) is 4.79 Å². The monoisotopic (exact) mass is 367 g/mol. The molecule has 0 radical (unpaired) electrons. The number of benzene rings is 1. The van der Waals surface area contributed by atoms with Crippen LogP contribution in [0, 0.1) is 0 Å². The molecule has 0 amide bonds. The predicted octanol–water partition coefficient (Wildman–Crippen LogP) is 2.75. The molecule has 0 aliphatic heterocycles. The molecule has 0 bridgehead atoms. The van der Waals surface area contributed by atoms with Crippen molar-refractivity contribution in [3.63, 3.8) is 0 Å². The number of para-hydroxylation sites is 1. The SMILES string of the molecule is COc1cc(=O)[nH]c(Cn2c3c(c4cccc(C(=O)O)c42)CCCCC3)n1. The highest BCUT2D eigenvalue weighted by atomic mass is 16.5. The van der Waals surface area contributed by atoms with Gasteiger partial charge in [0.25, 0.3) is 5.56 Å². The Morgan fingerprint density at radius 1 is 1.30 bits per heavy atom. The lowest BCUT2D eigenvalue weighted by Crippen LogP contribution is -2.16. The Morgan fingerprint density at radius 3 is 2.89 bits per heavy atom. The third-order valence-electron chi connectivity index (χ3n) is 5.16. The van der Waals surface area contributed by atoms with Gasteiger partial charge in [0, 0.05) is 11.1 Å². The number of carboxylic acid groups (broad SMARTS) is 1. The van der Waals surface area contributed by atoms with Crippen molar-refractivity contribution in [2.24, 2.45) is 0 Å². The van der Waals surface area contributed by atoms with Crippen LogP contribution < -0.4 is 10.3 Å². The molecule has 1 aliphatic rings. The zero-order chi connectivity index (χ0) is 19.0. The van der Waals surface area contributed by atoms with E-state index in [0.29, 0.717) is 17.9 Å². The summed E-state index contributed by atoms with van der Waals surface area (Å²) in [5.41, 5.74) is 3.03. The van der Waals surface area contributed by atoms with Crippen molar-refractivity contribution >= 4 is 16.9 Å². The van der Waals surface area contributed by atoms with Crippen LogP contribution in [0.4, 0.5) is 0 Å². The molecular weight excluding hydrogens is 346 g/mol. The van der Waals surface area contributed by atoms with E-state index in [1.165, 1.54) is 18.7 Å². The summed E-state index contributed by atoms with van der Waals surface area (Å²) in [6, 6.07) is 6.71. The van der Waals surface area contributed by atoms with Crippen molar-refractivity contribution in [1.29, 1.82) is 0 Å². The maximum Gasteiger partial charge on any atom is 0.337 e. The van der Waals surface area contributed by atoms with Gasteiger partial charge in [0.1, 0.15) is 5.82 Å². The average molecular weight is 367 g/mol. The van der Waals surface area contributed by atoms with Gasteiger partial charge in [0.05, 0.1) is 30.8 Å². The van der Waals surface area contributed by atoms with E-state index in [1.54, 1.807) is 12.1 Å². The number of hydrogen-bond acceptors (Lipinski definition) is 4. The largest absolute Gasteiger partial charge is 0.481 e. The van der Waals surface area contributed by atoms with E-state index in [2.05, 4.69) is 9.97 Å². The van der Waals surface area contributed by atoms with Crippen LogP contribution >= 0.6 is 0 Å². The first-order valence-corrected chi connectivity index (χ1v) is 9.09. The molecule has 2 aromatic heterocycles. The van der Waals surface area contributed by atoms with Crippen LogP contribution in [0.3, 0.4) is 0 Å². The van der Waals surface area contributed by atoms with E-state index in [9.17, 15) is 14.7 Å². The Hall–Kier alpha value is -3.09. The number of ether oxygens (including phenoxy) is 1. The highest BCUT2D eigenvalue weighted by Gasteiger charge is 2.23. The molecule has 0 atom stereocenters.